The third kappa shape index (κ3) is 3.87. The SMILES string of the molecule is CC1=C(CC(=O)O)c2cc(F)ccc2/C1=C\c1ccc(F)c(Oc2ccccc2)c1. The average molecular weight is 404 g/mol. The average Bonchev–Trinajstić information content (AvgIpc) is 2.96. The Morgan fingerprint density at radius 2 is 1.77 bits per heavy atom. The number of aliphatic carboxylic acids is 1. The van der Waals surface area contributed by atoms with Gasteiger partial charge in [0.1, 0.15) is 11.6 Å². The van der Waals surface area contributed by atoms with Crippen molar-refractivity contribution in [3.63, 3.8) is 0 Å². The Morgan fingerprint density at radius 1 is 1.00 bits per heavy atom. The van der Waals surface area contributed by atoms with E-state index in [1.165, 1.54) is 18.2 Å². The van der Waals surface area contributed by atoms with Crippen molar-refractivity contribution < 1.29 is 23.4 Å². The van der Waals surface area contributed by atoms with Gasteiger partial charge < -0.3 is 9.84 Å². The van der Waals surface area contributed by atoms with Gasteiger partial charge in [-0.3, -0.25) is 4.79 Å². The number of allylic oxidation sites excluding steroid dienone is 2. The molecule has 0 aromatic heterocycles. The number of halogens is 2. The van der Waals surface area contributed by atoms with Crippen LogP contribution in [-0.2, 0) is 4.79 Å². The largest absolute Gasteiger partial charge is 0.481 e. The minimum atomic E-state index is -0.985. The molecule has 0 radical (unpaired) electrons. The second-order valence-electron chi connectivity index (χ2n) is 7.03. The fourth-order valence-electron chi connectivity index (χ4n) is 3.60. The highest BCUT2D eigenvalue weighted by Crippen LogP contribution is 2.44. The van der Waals surface area contributed by atoms with Crippen molar-refractivity contribution in [1.82, 2.24) is 0 Å². The summed E-state index contributed by atoms with van der Waals surface area (Å²) < 4.78 is 33.7. The zero-order chi connectivity index (χ0) is 21.3. The van der Waals surface area contributed by atoms with Gasteiger partial charge in [0.2, 0.25) is 0 Å². The van der Waals surface area contributed by atoms with E-state index < -0.39 is 17.6 Å². The van der Waals surface area contributed by atoms with Crippen molar-refractivity contribution in [2.45, 2.75) is 13.3 Å². The van der Waals surface area contributed by atoms with Crippen LogP contribution in [0.15, 0.2) is 72.3 Å². The summed E-state index contributed by atoms with van der Waals surface area (Å²) in [4.78, 5) is 11.3. The molecule has 5 heteroatoms. The lowest BCUT2D eigenvalue weighted by molar-refractivity contribution is -0.135. The molecule has 30 heavy (non-hydrogen) atoms. The summed E-state index contributed by atoms with van der Waals surface area (Å²) in [5.41, 5.74) is 4.12. The van der Waals surface area contributed by atoms with E-state index in [0.717, 1.165) is 16.7 Å². The molecule has 150 valence electrons. The summed E-state index contributed by atoms with van der Waals surface area (Å²) in [5, 5.41) is 9.26. The molecule has 3 aromatic carbocycles. The van der Waals surface area contributed by atoms with Crippen molar-refractivity contribution in [3.8, 4) is 11.5 Å². The third-order valence-corrected chi connectivity index (χ3v) is 5.02. The normalized spacial score (nSPS) is 14.2. The quantitative estimate of drug-likeness (QED) is 0.524. The van der Waals surface area contributed by atoms with Gasteiger partial charge in [-0.2, -0.15) is 0 Å². The molecule has 0 saturated heterocycles. The Labute approximate surface area is 172 Å². The summed E-state index contributed by atoms with van der Waals surface area (Å²) >= 11 is 0. The molecule has 4 rings (SSSR count). The summed E-state index contributed by atoms with van der Waals surface area (Å²) in [6.45, 7) is 1.81. The lowest BCUT2D eigenvalue weighted by atomic mass is 10.0. The van der Waals surface area contributed by atoms with Gasteiger partial charge in [-0.05, 0) is 82.8 Å². The van der Waals surface area contributed by atoms with Gasteiger partial charge in [0.15, 0.2) is 11.6 Å². The van der Waals surface area contributed by atoms with Crippen molar-refractivity contribution in [2.75, 3.05) is 0 Å². The molecule has 0 fully saturated rings. The van der Waals surface area contributed by atoms with E-state index in [-0.39, 0.29) is 12.2 Å². The smallest absolute Gasteiger partial charge is 0.307 e. The highest BCUT2D eigenvalue weighted by atomic mass is 19.1. The first-order chi connectivity index (χ1) is 14.4. The summed E-state index contributed by atoms with van der Waals surface area (Å²) in [6, 6.07) is 17.8. The van der Waals surface area contributed by atoms with Crippen LogP contribution in [-0.4, -0.2) is 11.1 Å². The lowest BCUT2D eigenvalue weighted by Gasteiger charge is -2.09. The zero-order valence-corrected chi connectivity index (χ0v) is 16.2. The number of fused-ring (bicyclic) bond motifs is 1. The van der Waals surface area contributed by atoms with Crippen molar-refractivity contribution in [3.05, 3.63) is 101 Å². The van der Waals surface area contributed by atoms with Crippen LogP contribution in [0.2, 0.25) is 0 Å². The van der Waals surface area contributed by atoms with Gasteiger partial charge in [-0.15, -0.1) is 0 Å². The Balaban J connectivity index is 1.77. The number of para-hydroxylation sites is 1. The molecular formula is C25H18F2O3. The molecule has 0 aliphatic heterocycles. The molecule has 0 amide bonds. The Kier molecular flexibility index (Phi) is 5.19. The molecule has 3 aromatic rings. The van der Waals surface area contributed by atoms with Crippen LogP contribution in [0.1, 0.15) is 30.0 Å². The first-order valence-electron chi connectivity index (χ1n) is 9.39. The molecule has 1 N–H and O–H groups in total. The van der Waals surface area contributed by atoms with E-state index >= 15 is 0 Å². The minimum absolute atomic E-state index is 0.0836. The van der Waals surface area contributed by atoms with E-state index in [0.29, 0.717) is 22.4 Å². The van der Waals surface area contributed by atoms with E-state index in [2.05, 4.69) is 0 Å². The van der Waals surface area contributed by atoms with Crippen LogP contribution in [0.5, 0.6) is 11.5 Å². The van der Waals surface area contributed by atoms with Crippen LogP contribution >= 0.6 is 0 Å². The first-order valence-corrected chi connectivity index (χ1v) is 9.39. The molecule has 1 aliphatic rings. The highest BCUT2D eigenvalue weighted by Gasteiger charge is 2.25. The number of ether oxygens (including phenoxy) is 1. The predicted molar refractivity (Wildman–Crippen MR) is 112 cm³/mol. The van der Waals surface area contributed by atoms with Gasteiger partial charge >= 0.3 is 5.97 Å². The number of carboxylic acid groups (broad SMARTS) is 1. The van der Waals surface area contributed by atoms with Crippen molar-refractivity contribution in [2.24, 2.45) is 0 Å². The Hall–Kier alpha value is -3.73. The van der Waals surface area contributed by atoms with E-state index in [9.17, 15) is 18.7 Å². The number of rotatable bonds is 5. The maximum Gasteiger partial charge on any atom is 0.307 e. The molecule has 0 spiro atoms. The van der Waals surface area contributed by atoms with E-state index in [1.54, 1.807) is 42.5 Å². The summed E-state index contributed by atoms with van der Waals surface area (Å²) in [7, 11) is 0. The van der Waals surface area contributed by atoms with Crippen LogP contribution in [0, 0.1) is 11.6 Å². The van der Waals surface area contributed by atoms with Crippen LogP contribution in [0.25, 0.3) is 17.2 Å². The van der Waals surface area contributed by atoms with Crippen molar-refractivity contribution in [1.29, 1.82) is 0 Å². The lowest BCUT2D eigenvalue weighted by Crippen LogP contribution is -1.97. The monoisotopic (exact) mass is 404 g/mol. The second-order valence-corrected chi connectivity index (χ2v) is 7.03. The molecule has 0 atom stereocenters. The maximum absolute atomic E-state index is 14.3. The second kappa shape index (κ2) is 7.95. The fourth-order valence-corrected chi connectivity index (χ4v) is 3.60. The standard InChI is InChI=1S/C25H18F2O3/c1-15-20(19-9-8-17(26)13-22(19)21(15)14-25(28)29)11-16-7-10-23(27)24(12-16)30-18-5-3-2-4-6-18/h2-13H,14H2,1H3,(H,28,29)/b20-11-. The van der Waals surface area contributed by atoms with Gasteiger partial charge in [0.05, 0.1) is 6.42 Å². The molecule has 1 aliphatic carbocycles. The van der Waals surface area contributed by atoms with Gasteiger partial charge in [-0.1, -0.05) is 30.3 Å². The molecular weight excluding hydrogens is 386 g/mol. The molecule has 0 saturated carbocycles. The molecule has 3 nitrogen and oxygen atoms in total. The van der Waals surface area contributed by atoms with E-state index in [4.69, 9.17) is 4.74 Å². The maximum atomic E-state index is 14.3. The molecule has 0 unspecified atom stereocenters. The van der Waals surface area contributed by atoms with Gasteiger partial charge in [0, 0.05) is 0 Å². The van der Waals surface area contributed by atoms with Crippen molar-refractivity contribution >= 4 is 23.2 Å². The Morgan fingerprint density at radius 3 is 2.50 bits per heavy atom. The van der Waals surface area contributed by atoms with E-state index in [1.807, 2.05) is 19.1 Å². The molecule has 0 heterocycles. The topological polar surface area (TPSA) is 46.5 Å². The zero-order valence-electron chi connectivity index (χ0n) is 16.2. The number of benzene rings is 3. The number of carbonyl (C=O) groups is 1. The number of carboxylic acids is 1. The Bertz CT molecular complexity index is 1190. The van der Waals surface area contributed by atoms with Gasteiger partial charge in [-0.25, -0.2) is 8.78 Å². The highest BCUT2D eigenvalue weighted by molar-refractivity contribution is 6.07. The fraction of sp³-hybridized carbons (Fsp3) is 0.0800. The summed E-state index contributed by atoms with van der Waals surface area (Å²) in [6.07, 6.45) is 1.63. The minimum Gasteiger partial charge on any atom is -0.481 e. The van der Waals surface area contributed by atoms with Gasteiger partial charge in [0.25, 0.3) is 0 Å². The third-order valence-electron chi connectivity index (χ3n) is 5.02. The van der Waals surface area contributed by atoms with Crippen LogP contribution in [0.3, 0.4) is 0 Å². The molecule has 0 bridgehead atoms. The van der Waals surface area contributed by atoms with Crippen LogP contribution < -0.4 is 4.74 Å². The summed E-state index contributed by atoms with van der Waals surface area (Å²) in [5.74, 6) is -1.30. The number of hydrogen-bond acceptors (Lipinski definition) is 2. The first kappa shape index (κ1) is 19.6. The number of hydrogen-bond donors (Lipinski definition) is 1. The van der Waals surface area contributed by atoms with Crippen LogP contribution in [0.4, 0.5) is 8.78 Å². The predicted octanol–water partition coefficient (Wildman–Crippen LogP) is 6.56.